The molecule has 0 bridgehead atoms. The normalized spacial score (nSPS) is 10.0. The molecule has 2 heterocycles. The Kier molecular flexibility index (Phi) is 3.40. The van der Waals surface area contributed by atoms with Crippen molar-refractivity contribution in [2.45, 2.75) is 0 Å². The molecule has 0 aliphatic heterocycles. The van der Waals surface area contributed by atoms with Crippen LogP contribution in [0.3, 0.4) is 0 Å². The van der Waals surface area contributed by atoms with Crippen molar-refractivity contribution in [3.05, 3.63) is 47.2 Å². The van der Waals surface area contributed by atoms with E-state index in [0.29, 0.717) is 10.3 Å². The molecule has 0 saturated carbocycles. The Morgan fingerprint density at radius 2 is 2.12 bits per heavy atom. The van der Waals surface area contributed by atoms with Crippen molar-refractivity contribution in [3.63, 3.8) is 0 Å². The summed E-state index contributed by atoms with van der Waals surface area (Å²) in [6.45, 7) is 0. The van der Waals surface area contributed by atoms with Gasteiger partial charge in [0.2, 0.25) is 0 Å². The highest BCUT2D eigenvalue weighted by Crippen LogP contribution is 2.11. The molecule has 0 spiro atoms. The number of nitrogens with zero attached hydrogens (tertiary/aromatic N) is 4. The Bertz CT molecular complexity index is 533. The number of nitrogens with two attached hydrogens (primary N) is 1. The third kappa shape index (κ3) is 2.63. The molecule has 2 aromatic heterocycles. The van der Waals surface area contributed by atoms with E-state index >= 15 is 0 Å². The molecule has 17 heavy (non-hydrogen) atoms. The molecule has 2 N–H and O–H groups in total. The van der Waals surface area contributed by atoms with E-state index in [1.54, 1.807) is 18.3 Å². The van der Waals surface area contributed by atoms with E-state index in [4.69, 9.17) is 5.84 Å². The van der Waals surface area contributed by atoms with Crippen LogP contribution in [0.2, 0.25) is 0 Å². The van der Waals surface area contributed by atoms with Crippen LogP contribution in [0.4, 0.5) is 5.69 Å². The van der Waals surface area contributed by atoms with Gasteiger partial charge in [-0.1, -0.05) is 0 Å². The standard InChI is InChI=1S/C10H8BrN5O/c11-9-6-14-5-8(15-9)10(17)16(12)7-2-1-3-13-4-7/h1-6H,12H2. The minimum absolute atomic E-state index is 0.158. The van der Waals surface area contributed by atoms with Crippen LogP contribution < -0.4 is 10.9 Å². The maximum atomic E-state index is 11.9. The van der Waals surface area contributed by atoms with Crippen LogP contribution in [0.1, 0.15) is 10.5 Å². The van der Waals surface area contributed by atoms with Gasteiger partial charge in [-0.25, -0.2) is 15.8 Å². The first-order chi connectivity index (χ1) is 8.18. The summed E-state index contributed by atoms with van der Waals surface area (Å²) in [4.78, 5) is 23.7. The molecule has 0 aliphatic rings. The van der Waals surface area contributed by atoms with Crippen LogP contribution in [-0.4, -0.2) is 20.9 Å². The highest BCUT2D eigenvalue weighted by atomic mass is 79.9. The SMILES string of the molecule is NN(C(=O)c1cncc(Br)n1)c1cccnc1. The second kappa shape index (κ2) is 4.98. The zero-order chi connectivity index (χ0) is 12.3. The van der Waals surface area contributed by atoms with Gasteiger partial charge in [-0.05, 0) is 28.1 Å². The molecule has 86 valence electrons. The van der Waals surface area contributed by atoms with E-state index in [1.165, 1.54) is 18.6 Å². The third-order valence-electron chi connectivity index (χ3n) is 1.97. The predicted octanol–water partition coefficient (Wildman–Crippen LogP) is 1.15. The van der Waals surface area contributed by atoms with Crippen molar-refractivity contribution < 1.29 is 4.79 Å². The molecule has 0 fully saturated rings. The zero-order valence-corrected chi connectivity index (χ0v) is 10.2. The Hall–Kier alpha value is -1.86. The van der Waals surface area contributed by atoms with Crippen LogP contribution in [0, 0.1) is 0 Å². The lowest BCUT2D eigenvalue weighted by molar-refractivity contribution is 0.0981. The van der Waals surface area contributed by atoms with Gasteiger partial charge in [-0.2, -0.15) is 0 Å². The average molecular weight is 294 g/mol. The van der Waals surface area contributed by atoms with Crippen molar-refractivity contribution in [1.29, 1.82) is 0 Å². The monoisotopic (exact) mass is 293 g/mol. The molecule has 0 aromatic carbocycles. The van der Waals surface area contributed by atoms with Crippen molar-refractivity contribution in [1.82, 2.24) is 15.0 Å². The van der Waals surface area contributed by atoms with Crippen LogP contribution in [0.5, 0.6) is 0 Å². The number of hydrogen-bond acceptors (Lipinski definition) is 5. The number of hydrazine groups is 1. The summed E-state index contributed by atoms with van der Waals surface area (Å²) in [5.41, 5.74) is 0.644. The van der Waals surface area contributed by atoms with Crippen molar-refractivity contribution in [2.75, 3.05) is 5.01 Å². The second-order valence-corrected chi connectivity index (χ2v) is 3.93. The summed E-state index contributed by atoms with van der Waals surface area (Å²) in [6.07, 6.45) is 5.93. The summed E-state index contributed by atoms with van der Waals surface area (Å²) in [7, 11) is 0. The highest BCUT2D eigenvalue weighted by molar-refractivity contribution is 9.10. The first-order valence-corrected chi connectivity index (χ1v) is 5.44. The van der Waals surface area contributed by atoms with Crippen molar-refractivity contribution in [2.24, 2.45) is 5.84 Å². The summed E-state index contributed by atoms with van der Waals surface area (Å²) < 4.78 is 0.475. The number of halogens is 1. The highest BCUT2D eigenvalue weighted by Gasteiger charge is 2.16. The number of pyridine rings is 1. The zero-order valence-electron chi connectivity index (χ0n) is 8.62. The Morgan fingerprint density at radius 3 is 2.76 bits per heavy atom. The average Bonchev–Trinajstić information content (AvgIpc) is 2.38. The minimum Gasteiger partial charge on any atom is -0.265 e. The summed E-state index contributed by atoms with van der Waals surface area (Å²) in [5.74, 6) is 5.23. The van der Waals surface area contributed by atoms with Gasteiger partial charge in [-0.15, -0.1) is 0 Å². The maximum Gasteiger partial charge on any atom is 0.292 e. The molecular weight excluding hydrogens is 286 g/mol. The number of anilines is 1. The molecule has 0 radical (unpaired) electrons. The van der Waals surface area contributed by atoms with Gasteiger partial charge in [0, 0.05) is 6.20 Å². The van der Waals surface area contributed by atoms with Gasteiger partial charge < -0.3 is 0 Å². The number of carbonyl (C=O) groups excluding carboxylic acids is 1. The fourth-order valence-electron chi connectivity index (χ4n) is 1.18. The van der Waals surface area contributed by atoms with E-state index in [2.05, 4.69) is 30.9 Å². The molecule has 7 heteroatoms. The van der Waals surface area contributed by atoms with Gasteiger partial charge >= 0.3 is 0 Å². The smallest absolute Gasteiger partial charge is 0.265 e. The largest absolute Gasteiger partial charge is 0.292 e. The molecule has 6 nitrogen and oxygen atoms in total. The van der Waals surface area contributed by atoms with Gasteiger partial charge in [0.15, 0.2) is 0 Å². The Morgan fingerprint density at radius 1 is 1.29 bits per heavy atom. The lowest BCUT2D eigenvalue weighted by Crippen LogP contribution is -2.38. The molecule has 0 saturated heterocycles. The number of aromatic nitrogens is 3. The van der Waals surface area contributed by atoms with Crippen molar-refractivity contribution in [3.8, 4) is 0 Å². The minimum atomic E-state index is -0.452. The van der Waals surface area contributed by atoms with Crippen molar-refractivity contribution >= 4 is 27.5 Å². The predicted molar refractivity (Wildman–Crippen MR) is 65.0 cm³/mol. The van der Waals surface area contributed by atoms with Gasteiger partial charge in [0.05, 0.1) is 24.3 Å². The molecular formula is C10H8BrN5O. The van der Waals surface area contributed by atoms with Crippen LogP contribution in [0.15, 0.2) is 41.5 Å². The number of rotatable bonds is 2. The molecule has 2 rings (SSSR count). The second-order valence-electron chi connectivity index (χ2n) is 3.11. The molecule has 0 aliphatic carbocycles. The van der Waals surface area contributed by atoms with E-state index in [0.717, 1.165) is 5.01 Å². The Labute approximate surface area is 106 Å². The van der Waals surface area contributed by atoms with E-state index in [-0.39, 0.29) is 5.69 Å². The topological polar surface area (TPSA) is 85.0 Å². The quantitative estimate of drug-likeness (QED) is 0.510. The first kappa shape index (κ1) is 11.6. The van der Waals surface area contributed by atoms with E-state index in [1.807, 2.05) is 0 Å². The summed E-state index contributed by atoms with van der Waals surface area (Å²) >= 11 is 3.14. The van der Waals surface area contributed by atoms with E-state index < -0.39 is 5.91 Å². The number of hydrogen-bond donors (Lipinski definition) is 1. The van der Waals surface area contributed by atoms with Crippen LogP contribution in [0.25, 0.3) is 0 Å². The van der Waals surface area contributed by atoms with Gasteiger partial charge in [0.1, 0.15) is 10.3 Å². The summed E-state index contributed by atoms with van der Waals surface area (Å²) in [5, 5.41) is 0.976. The van der Waals surface area contributed by atoms with Gasteiger partial charge in [-0.3, -0.25) is 14.8 Å². The number of carbonyl (C=O) groups is 1. The maximum absolute atomic E-state index is 11.9. The molecule has 1 amide bonds. The van der Waals surface area contributed by atoms with Crippen LogP contribution >= 0.6 is 15.9 Å². The molecule has 2 aromatic rings. The fourth-order valence-corrected chi connectivity index (χ4v) is 1.49. The molecule has 0 unspecified atom stereocenters. The number of amides is 1. The Balaban J connectivity index is 2.27. The first-order valence-electron chi connectivity index (χ1n) is 4.65. The summed E-state index contributed by atoms with van der Waals surface area (Å²) in [6, 6.07) is 3.37. The lowest BCUT2D eigenvalue weighted by Gasteiger charge is -2.15. The third-order valence-corrected chi connectivity index (χ3v) is 2.35. The van der Waals surface area contributed by atoms with Gasteiger partial charge in [0.25, 0.3) is 5.91 Å². The lowest BCUT2D eigenvalue weighted by atomic mass is 10.3. The fraction of sp³-hybridized carbons (Fsp3) is 0. The van der Waals surface area contributed by atoms with Crippen LogP contribution in [-0.2, 0) is 0 Å². The van der Waals surface area contributed by atoms with E-state index in [9.17, 15) is 4.79 Å². The molecule has 0 atom stereocenters.